The molecule has 4 aromatic rings. The van der Waals surface area contributed by atoms with E-state index >= 15 is 0 Å². The molecule has 1 fully saturated rings. The molecule has 2 aromatic heterocycles. The summed E-state index contributed by atoms with van der Waals surface area (Å²) in [6.07, 6.45) is 3.51. The maximum Gasteiger partial charge on any atom is 0.238 e. The highest BCUT2D eigenvalue weighted by Gasteiger charge is 2.24. The minimum atomic E-state index is -3.74. The molecule has 0 amide bonds. The van der Waals surface area contributed by atoms with Gasteiger partial charge in [-0.1, -0.05) is 11.2 Å². The lowest BCUT2D eigenvalue weighted by atomic mass is 10.1. The summed E-state index contributed by atoms with van der Waals surface area (Å²) in [5, 5.41) is 13.3. The van der Waals surface area contributed by atoms with Crippen LogP contribution in [-0.4, -0.2) is 30.1 Å². The third-order valence-corrected chi connectivity index (χ3v) is 6.05. The number of rotatable bonds is 5. The number of benzene rings is 2. The molecule has 9 nitrogen and oxygen atoms in total. The zero-order valence-electron chi connectivity index (χ0n) is 16.4. The standard InChI is InChI=1S/C21H19N5O4S/c22-31(27,28)15-6-4-14(5-7-15)24-21-23-10-9-17(25-21)13-3-8-18-16(12-13)20(30-26-18)19-2-1-11-29-19/h3-10,12,19H,1-2,11H2,(H2,22,27,28)(H,23,24,25). The third kappa shape index (κ3) is 4.00. The van der Waals surface area contributed by atoms with Crippen LogP contribution in [0.4, 0.5) is 11.6 Å². The van der Waals surface area contributed by atoms with Gasteiger partial charge in [0, 0.05) is 29.4 Å². The van der Waals surface area contributed by atoms with Gasteiger partial charge >= 0.3 is 0 Å². The van der Waals surface area contributed by atoms with Crippen molar-refractivity contribution in [3.05, 3.63) is 60.5 Å². The Morgan fingerprint density at radius 2 is 1.94 bits per heavy atom. The molecule has 1 aliphatic heterocycles. The van der Waals surface area contributed by atoms with Crippen LogP contribution in [-0.2, 0) is 14.8 Å². The number of ether oxygens (including phenoxy) is 1. The van der Waals surface area contributed by atoms with Crippen LogP contribution in [0.1, 0.15) is 24.7 Å². The molecule has 10 heteroatoms. The van der Waals surface area contributed by atoms with E-state index in [4.69, 9.17) is 14.4 Å². The highest BCUT2D eigenvalue weighted by Crippen LogP contribution is 2.35. The van der Waals surface area contributed by atoms with Gasteiger partial charge in [0.05, 0.1) is 10.6 Å². The summed E-state index contributed by atoms with van der Waals surface area (Å²) >= 11 is 0. The SMILES string of the molecule is NS(=O)(=O)c1ccc(Nc2nccc(-c3ccc4noc(C5CCCO5)c4c3)n2)cc1. The number of nitrogens with two attached hydrogens (primary N) is 1. The zero-order chi connectivity index (χ0) is 21.4. The first-order valence-corrected chi connectivity index (χ1v) is 11.3. The van der Waals surface area contributed by atoms with Crippen molar-refractivity contribution >= 4 is 32.6 Å². The number of hydrogen-bond acceptors (Lipinski definition) is 8. The van der Waals surface area contributed by atoms with Gasteiger partial charge in [0.2, 0.25) is 16.0 Å². The van der Waals surface area contributed by atoms with Crippen LogP contribution in [0.3, 0.4) is 0 Å². The van der Waals surface area contributed by atoms with Gasteiger partial charge in [-0.05, 0) is 55.3 Å². The minimum absolute atomic E-state index is 0.0387. The summed E-state index contributed by atoms with van der Waals surface area (Å²) in [5.41, 5.74) is 3.03. The van der Waals surface area contributed by atoms with Gasteiger partial charge in [-0.15, -0.1) is 0 Å². The largest absolute Gasteiger partial charge is 0.370 e. The Bertz CT molecular complexity index is 1350. The van der Waals surface area contributed by atoms with Crippen LogP contribution in [0.25, 0.3) is 22.2 Å². The molecule has 0 bridgehead atoms. The lowest BCUT2D eigenvalue weighted by Crippen LogP contribution is -2.11. The molecule has 0 spiro atoms. The lowest BCUT2D eigenvalue weighted by Gasteiger charge is -2.08. The van der Waals surface area contributed by atoms with E-state index in [1.54, 1.807) is 18.3 Å². The first kappa shape index (κ1) is 19.6. The van der Waals surface area contributed by atoms with E-state index in [9.17, 15) is 8.42 Å². The predicted octanol–water partition coefficient (Wildman–Crippen LogP) is 3.53. The molecule has 1 saturated heterocycles. The van der Waals surface area contributed by atoms with Crippen molar-refractivity contribution in [1.82, 2.24) is 15.1 Å². The fourth-order valence-electron chi connectivity index (χ4n) is 3.57. The van der Waals surface area contributed by atoms with Crippen molar-refractivity contribution in [3.63, 3.8) is 0 Å². The van der Waals surface area contributed by atoms with Crippen molar-refractivity contribution in [2.75, 3.05) is 11.9 Å². The predicted molar refractivity (Wildman–Crippen MR) is 114 cm³/mol. The van der Waals surface area contributed by atoms with Crippen molar-refractivity contribution in [2.24, 2.45) is 5.14 Å². The molecule has 0 radical (unpaired) electrons. The number of nitrogens with one attached hydrogen (secondary N) is 1. The third-order valence-electron chi connectivity index (χ3n) is 5.12. The average molecular weight is 437 g/mol. The van der Waals surface area contributed by atoms with E-state index in [1.165, 1.54) is 12.1 Å². The normalized spacial score (nSPS) is 16.6. The molecule has 5 rings (SSSR count). The fraction of sp³-hybridized carbons (Fsp3) is 0.190. The lowest BCUT2D eigenvalue weighted by molar-refractivity contribution is 0.0893. The van der Waals surface area contributed by atoms with Gasteiger partial charge in [0.15, 0.2) is 5.76 Å². The van der Waals surface area contributed by atoms with Crippen molar-refractivity contribution in [1.29, 1.82) is 0 Å². The summed E-state index contributed by atoms with van der Waals surface area (Å²) in [6.45, 7) is 0.728. The van der Waals surface area contributed by atoms with Gasteiger partial charge in [-0.3, -0.25) is 0 Å². The molecule has 1 atom stereocenters. The van der Waals surface area contributed by atoms with E-state index in [-0.39, 0.29) is 11.0 Å². The molecule has 1 aliphatic rings. The van der Waals surface area contributed by atoms with Crippen LogP contribution >= 0.6 is 0 Å². The van der Waals surface area contributed by atoms with Gasteiger partial charge < -0.3 is 14.6 Å². The molecule has 2 aromatic carbocycles. The molecule has 158 valence electrons. The maximum absolute atomic E-state index is 11.4. The summed E-state index contributed by atoms with van der Waals surface area (Å²) in [5.74, 6) is 1.13. The van der Waals surface area contributed by atoms with Crippen molar-refractivity contribution in [2.45, 2.75) is 23.8 Å². The number of hydrogen-bond donors (Lipinski definition) is 2. The average Bonchev–Trinajstić information content (AvgIpc) is 3.43. The number of primary sulfonamides is 1. The summed E-state index contributed by atoms with van der Waals surface area (Å²) in [4.78, 5) is 8.87. The van der Waals surface area contributed by atoms with E-state index in [1.807, 2.05) is 24.3 Å². The molecule has 0 saturated carbocycles. The topological polar surface area (TPSA) is 133 Å². The minimum Gasteiger partial charge on any atom is -0.370 e. The molecule has 3 N–H and O–H groups in total. The Morgan fingerprint density at radius 1 is 1.10 bits per heavy atom. The Hall–Kier alpha value is -3.34. The first-order chi connectivity index (χ1) is 15.0. The highest BCUT2D eigenvalue weighted by atomic mass is 32.2. The number of nitrogens with zero attached hydrogens (tertiary/aromatic N) is 3. The molecular weight excluding hydrogens is 418 g/mol. The molecular formula is C21H19N5O4S. The summed E-state index contributed by atoms with van der Waals surface area (Å²) in [6, 6.07) is 13.7. The van der Waals surface area contributed by atoms with Crippen LogP contribution in [0.15, 0.2) is 64.1 Å². The van der Waals surface area contributed by atoms with E-state index in [0.717, 1.165) is 47.4 Å². The Kier molecular flexibility index (Phi) is 4.89. The molecule has 31 heavy (non-hydrogen) atoms. The van der Waals surface area contributed by atoms with Crippen LogP contribution in [0.2, 0.25) is 0 Å². The van der Waals surface area contributed by atoms with Gasteiger partial charge in [0.1, 0.15) is 11.6 Å². The monoisotopic (exact) mass is 437 g/mol. The van der Waals surface area contributed by atoms with E-state index in [0.29, 0.717) is 11.6 Å². The smallest absolute Gasteiger partial charge is 0.238 e. The van der Waals surface area contributed by atoms with Crippen molar-refractivity contribution < 1.29 is 17.7 Å². The Labute approximate surface area is 178 Å². The Morgan fingerprint density at radius 3 is 2.68 bits per heavy atom. The summed E-state index contributed by atoms with van der Waals surface area (Å²) < 4.78 is 34.1. The highest BCUT2D eigenvalue weighted by molar-refractivity contribution is 7.89. The quantitative estimate of drug-likeness (QED) is 0.484. The molecule has 1 unspecified atom stereocenters. The summed E-state index contributed by atoms with van der Waals surface area (Å²) in [7, 11) is -3.74. The van der Waals surface area contributed by atoms with Crippen molar-refractivity contribution in [3.8, 4) is 11.3 Å². The second-order valence-corrected chi connectivity index (χ2v) is 8.80. The zero-order valence-corrected chi connectivity index (χ0v) is 17.2. The van der Waals surface area contributed by atoms with Crippen LogP contribution in [0, 0.1) is 0 Å². The Balaban J connectivity index is 1.43. The number of aromatic nitrogens is 3. The first-order valence-electron chi connectivity index (χ1n) is 9.72. The fourth-order valence-corrected chi connectivity index (χ4v) is 4.09. The second kappa shape index (κ2) is 7.73. The van der Waals surface area contributed by atoms with Crippen LogP contribution in [0.5, 0.6) is 0 Å². The van der Waals surface area contributed by atoms with E-state index < -0.39 is 10.0 Å². The van der Waals surface area contributed by atoms with Gasteiger partial charge in [-0.25, -0.2) is 23.5 Å². The molecule has 0 aliphatic carbocycles. The van der Waals surface area contributed by atoms with Gasteiger partial charge in [-0.2, -0.15) is 0 Å². The number of fused-ring (bicyclic) bond motifs is 1. The number of anilines is 2. The maximum atomic E-state index is 11.4. The molecule has 3 heterocycles. The number of sulfonamides is 1. The van der Waals surface area contributed by atoms with E-state index in [2.05, 4.69) is 20.4 Å². The van der Waals surface area contributed by atoms with Crippen LogP contribution < -0.4 is 10.5 Å². The van der Waals surface area contributed by atoms with Gasteiger partial charge in [0.25, 0.3) is 0 Å². The second-order valence-electron chi connectivity index (χ2n) is 7.24.